The Morgan fingerprint density at radius 2 is 1.93 bits per heavy atom. The van der Waals surface area contributed by atoms with E-state index in [1.807, 2.05) is 11.6 Å². The topological polar surface area (TPSA) is 20.7 Å². The summed E-state index contributed by atoms with van der Waals surface area (Å²) in [7, 11) is 1.99. The molecule has 0 saturated carbocycles. The molecule has 1 aromatic heterocycles. The van der Waals surface area contributed by atoms with Gasteiger partial charge in [0.2, 0.25) is 0 Å². The van der Waals surface area contributed by atoms with Crippen molar-refractivity contribution >= 4 is 23.3 Å². The van der Waals surface area contributed by atoms with Crippen LogP contribution in [0.2, 0.25) is 0 Å². The summed E-state index contributed by atoms with van der Waals surface area (Å²) in [5.74, 6) is 0. The maximum atomic E-state index is 5.24. The number of rotatable bonds is 0. The quantitative estimate of drug-likeness (QED) is 0.674. The van der Waals surface area contributed by atoms with E-state index >= 15 is 0 Å². The molecule has 0 atom stereocenters. The van der Waals surface area contributed by atoms with Crippen molar-refractivity contribution in [2.24, 2.45) is 7.05 Å². The second kappa shape index (κ2) is 3.20. The lowest BCUT2D eigenvalue weighted by molar-refractivity contribution is 0.595. The molecule has 0 aliphatic heterocycles. The van der Waals surface area contributed by atoms with Crippen LogP contribution in [-0.4, -0.2) is 9.55 Å². The number of benzene rings is 1. The van der Waals surface area contributed by atoms with Gasteiger partial charge in [0, 0.05) is 7.05 Å². The van der Waals surface area contributed by atoms with Crippen molar-refractivity contribution in [2.45, 2.75) is 26.2 Å². The van der Waals surface area contributed by atoms with Crippen molar-refractivity contribution in [3.63, 3.8) is 0 Å². The summed E-state index contributed by atoms with van der Waals surface area (Å²) < 4.78 is 2.79. The van der Waals surface area contributed by atoms with Gasteiger partial charge in [-0.25, -0.2) is 0 Å². The smallest absolute Gasteiger partial charge is 0.177 e. The number of aromatic amines is 1. The number of nitrogens with one attached hydrogen (secondary N) is 1. The van der Waals surface area contributed by atoms with Gasteiger partial charge >= 0.3 is 0 Å². The van der Waals surface area contributed by atoms with Crippen LogP contribution >= 0.6 is 12.2 Å². The number of nitrogens with zero attached hydrogens (tertiary/aromatic N) is 1. The number of para-hydroxylation sites is 1. The second-order valence-corrected chi connectivity index (χ2v) is 5.33. The van der Waals surface area contributed by atoms with Gasteiger partial charge in [0.05, 0.1) is 11.0 Å². The SMILES string of the molecule is Cn1c(=S)[nH]c2c(C(C)(C)C)cccc21. The molecule has 0 fully saturated rings. The number of aromatic nitrogens is 2. The highest BCUT2D eigenvalue weighted by Gasteiger charge is 2.18. The molecular formula is C12H16N2S. The molecule has 1 N–H and O–H groups in total. The molecule has 0 aliphatic rings. The molecular weight excluding hydrogens is 204 g/mol. The van der Waals surface area contributed by atoms with Crippen LogP contribution < -0.4 is 0 Å². The molecule has 1 heterocycles. The van der Waals surface area contributed by atoms with Gasteiger partial charge in [0.1, 0.15) is 0 Å². The van der Waals surface area contributed by atoms with Gasteiger partial charge in [-0.1, -0.05) is 32.9 Å². The predicted molar refractivity (Wildman–Crippen MR) is 66.8 cm³/mol. The van der Waals surface area contributed by atoms with Gasteiger partial charge in [-0.15, -0.1) is 0 Å². The number of hydrogen-bond acceptors (Lipinski definition) is 1. The monoisotopic (exact) mass is 220 g/mol. The maximum absolute atomic E-state index is 5.24. The fraction of sp³-hybridized carbons (Fsp3) is 0.417. The van der Waals surface area contributed by atoms with Crippen molar-refractivity contribution in [1.82, 2.24) is 9.55 Å². The van der Waals surface area contributed by atoms with Crippen LogP contribution in [0.15, 0.2) is 18.2 Å². The van der Waals surface area contributed by atoms with Crippen molar-refractivity contribution in [1.29, 1.82) is 0 Å². The summed E-state index contributed by atoms with van der Waals surface area (Å²) in [6.45, 7) is 6.64. The van der Waals surface area contributed by atoms with E-state index in [9.17, 15) is 0 Å². The van der Waals surface area contributed by atoms with E-state index in [1.165, 1.54) is 11.1 Å². The number of H-pyrrole nitrogens is 1. The third-order valence-corrected chi connectivity index (χ3v) is 3.12. The van der Waals surface area contributed by atoms with Crippen LogP contribution in [0.1, 0.15) is 26.3 Å². The zero-order valence-corrected chi connectivity index (χ0v) is 10.4. The molecule has 15 heavy (non-hydrogen) atoms. The molecule has 1 aromatic carbocycles. The maximum Gasteiger partial charge on any atom is 0.177 e. The van der Waals surface area contributed by atoms with E-state index in [0.717, 1.165) is 10.3 Å². The van der Waals surface area contributed by atoms with Crippen LogP contribution in [0.25, 0.3) is 11.0 Å². The second-order valence-electron chi connectivity index (χ2n) is 4.94. The molecule has 3 heteroatoms. The molecule has 80 valence electrons. The first-order valence-electron chi connectivity index (χ1n) is 5.09. The standard InChI is InChI=1S/C12H16N2S/c1-12(2,3)8-6-5-7-9-10(8)13-11(15)14(9)4/h5-7H,1-4H3,(H,13,15). The zero-order valence-electron chi connectivity index (χ0n) is 9.59. The summed E-state index contributed by atoms with van der Waals surface area (Å²) in [5.41, 5.74) is 3.79. The molecule has 2 rings (SSSR count). The van der Waals surface area contributed by atoms with Crippen LogP contribution in [-0.2, 0) is 12.5 Å². The Balaban J connectivity index is 2.89. The van der Waals surface area contributed by atoms with Gasteiger partial charge in [-0.3, -0.25) is 0 Å². The Morgan fingerprint density at radius 1 is 1.27 bits per heavy atom. The van der Waals surface area contributed by atoms with E-state index in [0.29, 0.717) is 0 Å². The first kappa shape index (κ1) is 10.4. The molecule has 2 nitrogen and oxygen atoms in total. The van der Waals surface area contributed by atoms with Crippen LogP contribution in [0.4, 0.5) is 0 Å². The molecule has 2 aromatic rings. The third kappa shape index (κ3) is 1.61. The van der Waals surface area contributed by atoms with E-state index in [1.54, 1.807) is 0 Å². The number of imidazole rings is 1. The van der Waals surface area contributed by atoms with Crippen LogP contribution in [0, 0.1) is 4.77 Å². The number of fused-ring (bicyclic) bond motifs is 1. The number of aryl methyl sites for hydroxylation is 1. The van der Waals surface area contributed by atoms with E-state index < -0.39 is 0 Å². The Kier molecular flexibility index (Phi) is 2.23. The largest absolute Gasteiger partial charge is 0.330 e. The van der Waals surface area contributed by atoms with Crippen LogP contribution in [0.5, 0.6) is 0 Å². The summed E-state index contributed by atoms with van der Waals surface area (Å²) in [5, 5.41) is 0. The summed E-state index contributed by atoms with van der Waals surface area (Å²) in [6, 6.07) is 6.34. The Hall–Kier alpha value is -1.09. The number of hydrogen-bond donors (Lipinski definition) is 1. The first-order valence-corrected chi connectivity index (χ1v) is 5.50. The Morgan fingerprint density at radius 3 is 2.53 bits per heavy atom. The highest BCUT2D eigenvalue weighted by atomic mass is 32.1. The molecule has 0 unspecified atom stereocenters. The third-order valence-electron chi connectivity index (χ3n) is 2.75. The van der Waals surface area contributed by atoms with E-state index in [2.05, 4.69) is 44.0 Å². The summed E-state index contributed by atoms with van der Waals surface area (Å²) >= 11 is 5.24. The highest BCUT2D eigenvalue weighted by Crippen LogP contribution is 2.28. The minimum atomic E-state index is 0.138. The van der Waals surface area contributed by atoms with Crippen molar-refractivity contribution in [3.8, 4) is 0 Å². The van der Waals surface area contributed by atoms with Gasteiger partial charge < -0.3 is 9.55 Å². The average molecular weight is 220 g/mol. The molecule has 0 amide bonds. The van der Waals surface area contributed by atoms with Gasteiger partial charge in [0.25, 0.3) is 0 Å². The fourth-order valence-electron chi connectivity index (χ4n) is 1.88. The molecule has 0 spiro atoms. The van der Waals surface area contributed by atoms with Gasteiger partial charge in [-0.2, -0.15) is 0 Å². The van der Waals surface area contributed by atoms with Crippen molar-refractivity contribution < 1.29 is 0 Å². The Bertz CT molecular complexity index is 555. The first-order chi connectivity index (χ1) is 6.91. The van der Waals surface area contributed by atoms with Crippen molar-refractivity contribution in [3.05, 3.63) is 28.5 Å². The van der Waals surface area contributed by atoms with E-state index in [-0.39, 0.29) is 5.41 Å². The lowest BCUT2D eigenvalue weighted by Gasteiger charge is -2.19. The van der Waals surface area contributed by atoms with Crippen molar-refractivity contribution in [2.75, 3.05) is 0 Å². The zero-order chi connectivity index (χ0) is 11.2. The summed E-state index contributed by atoms with van der Waals surface area (Å²) in [4.78, 5) is 3.28. The van der Waals surface area contributed by atoms with Crippen LogP contribution in [0.3, 0.4) is 0 Å². The fourth-order valence-corrected chi connectivity index (χ4v) is 2.08. The highest BCUT2D eigenvalue weighted by molar-refractivity contribution is 7.71. The summed E-state index contributed by atoms with van der Waals surface area (Å²) in [6.07, 6.45) is 0. The van der Waals surface area contributed by atoms with E-state index in [4.69, 9.17) is 12.2 Å². The lowest BCUT2D eigenvalue weighted by atomic mass is 9.86. The normalized spacial score (nSPS) is 12.3. The molecule has 0 saturated heterocycles. The van der Waals surface area contributed by atoms with Gasteiger partial charge in [0.15, 0.2) is 4.77 Å². The lowest BCUT2D eigenvalue weighted by Crippen LogP contribution is -2.11. The molecule has 0 aliphatic carbocycles. The molecule has 0 bridgehead atoms. The average Bonchev–Trinajstić information content (AvgIpc) is 2.41. The minimum absolute atomic E-state index is 0.138. The predicted octanol–water partition coefficient (Wildman–Crippen LogP) is 3.53. The van der Waals surface area contributed by atoms with Gasteiger partial charge in [-0.05, 0) is 29.3 Å². The Labute approximate surface area is 94.9 Å². The minimum Gasteiger partial charge on any atom is -0.330 e. The molecule has 0 radical (unpaired) electrons.